The van der Waals surface area contributed by atoms with Crippen molar-refractivity contribution in [1.29, 1.82) is 0 Å². The number of amides is 2. The van der Waals surface area contributed by atoms with E-state index in [9.17, 15) is 9.18 Å². The number of urea groups is 1. The summed E-state index contributed by atoms with van der Waals surface area (Å²) in [5.41, 5.74) is 2.33. The SMILES string of the molecule is Cc1ccc(NC(=O)Nc2ccc(F)c(Br)c2)cc1. The van der Waals surface area contributed by atoms with E-state index in [0.29, 0.717) is 15.8 Å². The van der Waals surface area contributed by atoms with Gasteiger partial charge in [-0.15, -0.1) is 0 Å². The Morgan fingerprint density at radius 3 is 2.26 bits per heavy atom. The predicted molar refractivity (Wildman–Crippen MR) is 77.9 cm³/mol. The number of nitrogens with one attached hydrogen (secondary N) is 2. The summed E-state index contributed by atoms with van der Waals surface area (Å²) in [5.74, 6) is -0.371. The largest absolute Gasteiger partial charge is 0.323 e. The Balaban J connectivity index is 2.01. The van der Waals surface area contributed by atoms with E-state index < -0.39 is 0 Å². The van der Waals surface area contributed by atoms with E-state index in [0.717, 1.165) is 5.56 Å². The Morgan fingerprint density at radius 1 is 1.05 bits per heavy atom. The molecule has 0 bridgehead atoms. The highest BCUT2D eigenvalue weighted by atomic mass is 79.9. The first kappa shape index (κ1) is 13.5. The van der Waals surface area contributed by atoms with Crippen LogP contribution in [0.3, 0.4) is 0 Å². The van der Waals surface area contributed by atoms with Gasteiger partial charge in [0.05, 0.1) is 4.47 Å². The van der Waals surface area contributed by atoms with Crippen LogP contribution in [0, 0.1) is 12.7 Å². The number of carbonyl (C=O) groups excluding carboxylic acids is 1. The molecule has 0 unspecified atom stereocenters. The molecule has 0 saturated heterocycles. The molecular weight excluding hydrogens is 311 g/mol. The molecule has 2 aromatic rings. The lowest BCUT2D eigenvalue weighted by molar-refractivity contribution is 0.262. The number of hydrogen-bond donors (Lipinski definition) is 2. The normalized spacial score (nSPS) is 10.1. The van der Waals surface area contributed by atoms with Crippen molar-refractivity contribution in [2.75, 3.05) is 10.6 Å². The van der Waals surface area contributed by atoms with Crippen LogP contribution in [-0.2, 0) is 0 Å². The van der Waals surface area contributed by atoms with Gasteiger partial charge in [-0.25, -0.2) is 9.18 Å². The Labute approximate surface area is 119 Å². The van der Waals surface area contributed by atoms with Crippen LogP contribution < -0.4 is 10.6 Å². The van der Waals surface area contributed by atoms with E-state index in [1.54, 1.807) is 0 Å². The van der Waals surface area contributed by atoms with E-state index in [-0.39, 0.29) is 11.8 Å². The van der Waals surface area contributed by atoms with Crippen molar-refractivity contribution < 1.29 is 9.18 Å². The van der Waals surface area contributed by atoms with E-state index in [2.05, 4.69) is 26.6 Å². The topological polar surface area (TPSA) is 41.1 Å². The van der Waals surface area contributed by atoms with Gasteiger partial charge in [0.15, 0.2) is 0 Å². The number of anilines is 2. The second-order valence-corrected chi connectivity index (χ2v) is 4.93. The highest BCUT2D eigenvalue weighted by Gasteiger charge is 2.05. The molecule has 0 atom stereocenters. The zero-order valence-electron chi connectivity index (χ0n) is 10.2. The molecule has 2 aromatic carbocycles. The van der Waals surface area contributed by atoms with Crippen molar-refractivity contribution in [3.8, 4) is 0 Å². The molecule has 19 heavy (non-hydrogen) atoms. The van der Waals surface area contributed by atoms with Crippen molar-refractivity contribution in [1.82, 2.24) is 0 Å². The van der Waals surface area contributed by atoms with Crippen molar-refractivity contribution >= 4 is 33.3 Å². The summed E-state index contributed by atoms with van der Waals surface area (Å²) in [6, 6.07) is 11.4. The zero-order valence-corrected chi connectivity index (χ0v) is 11.8. The third-order valence-corrected chi connectivity index (χ3v) is 3.09. The average molecular weight is 323 g/mol. The first-order chi connectivity index (χ1) is 9.04. The van der Waals surface area contributed by atoms with Gasteiger partial charge >= 0.3 is 6.03 Å². The number of benzene rings is 2. The number of carbonyl (C=O) groups is 1. The minimum Gasteiger partial charge on any atom is -0.308 e. The Bertz CT molecular complexity index is 599. The third-order valence-electron chi connectivity index (χ3n) is 2.49. The number of hydrogen-bond acceptors (Lipinski definition) is 1. The summed E-state index contributed by atoms with van der Waals surface area (Å²) in [5, 5.41) is 5.32. The van der Waals surface area contributed by atoms with Crippen LogP contribution in [0.5, 0.6) is 0 Å². The molecule has 3 nitrogen and oxygen atoms in total. The predicted octanol–water partition coefficient (Wildman–Crippen LogP) is 4.54. The standard InChI is InChI=1S/C14H12BrFN2O/c1-9-2-4-10(5-3-9)17-14(19)18-11-6-7-13(16)12(15)8-11/h2-8H,1H3,(H2,17,18,19). The third kappa shape index (κ3) is 3.79. The summed E-state index contributed by atoms with van der Waals surface area (Å²) in [7, 11) is 0. The molecule has 2 N–H and O–H groups in total. The van der Waals surface area contributed by atoms with E-state index in [1.807, 2.05) is 31.2 Å². The van der Waals surface area contributed by atoms with E-state index in [1.165, 1.54) is 18.2 Å². The summed E-state index contributed by atoms with van der Waals surface area (Å²) >= 11 is 3.06. The van der Waals surface area contributed by atoms with E-state index >= 15 is 0 Å². The van der Waals surface area contributed by atoms with Gasteiger partial charge < -0.3 is 10.6 Å². The molecule has 0 fully saturated rings. The first-order valence-corrected chi connectivity index (χ1v) is 6.43. The summed E-state index contributed by atoms with van der Waals surface area (Å²) in [6.07, 6.45) is 0. The van der Waals surface area contributed by atoms with Crippen molar-refractivity contribution in [2.24, 2.45) is 0 Å². The minimum absolute atomic E-state index is 0.306. The molecule has 0 spiro atoms. The Morgan fingerprint density at radius 2 is 1.63 bits per heavy atom. The van der Waals surface area contributed by atoms with Crippen molar-refractivity contribution in [2.45, 2.75) is 6.92 Å². The zero-order chi connectivity index (χ0) is 13.8. The van der Waals surface area contributed by atoms with Crippen molar-refractivity contribution in [3.63, 3.8) is 0 Å². The van der Waals surface area contributed by atoms with Crippen LogP contribution in [0.1, 0.15) is 5.56 Å². The molecule has 2 amide bonds. The van der Waals surface area contributed by atoms with Gasteiger partial charge in [-0.05, 0) is 53.2 Å². The lowest BCUT2D eigenvalue weighted by Crippen LogP contribution is -2.19. The van der Waals surface area contributed by atoms with Gasteiger partial charge in [0.25, 0.3) is 0 Å². The van der Waals surface area contributed by atoms with Gasteiger partial charge in [-0.2, -0.15) is 0 Å². The van der Waals surface area contributed by atoms with Gasteiger partial charge in [0, 0.05) is 11.4 Å². The van der Waals surface area contributed by atoms with Crippen LogP contribution in [-0.4, -0.2) is 6.03 Å². The molecule has 0 aliphatic rings. The lowest BCUT2D eigenvalue weighted by atomic mass is 10.2. The van der Waals surface area contributed by atoms with Crippen LogP contribution in [0.2, 0.25) is 0 Å². The molecule has 0 aliphatic heterocycles. The van der Waals surface area contributed by atoms with E-state index in [4.69, 9.17) is 0 Å². The fourth-order valence-electron chi connectivity index (χ4n) is 1.50. The summed E-state index contributed by atoms with van der Waals surface area (Å²) in [6.45, 7) is 1.97. The van der Waals surface area contributed by atoms with Crippen LogP contribution >= 0.6 is 15.9 Å². The second-order valence-electron chi connectivity index (χ2n) is 4.07. The quantitative estimate of drug-likeness (QED) is 0.837. The van der Waals surface area contributed by atoms with Crippen LogP contribution in [0.25, 0.3) is 0 Å². The van der Waals surface area contributed by atoms with Crippen LogP contribution in [0.4, 0.5) is 20.6 Å². The molecule has 0 radical (unpaired) electrons. The molecular formula is C14H12BrFN2O. The van der Waals surface area contributed by atoms with Crippen molar-refractivity contribution in [3.05, 3.63) is 58.3 Å². The Hall–Kier alpha value is -1.88. The maximum Gasteiger partial charge on any atom is 0.323 e. The monoisotopic (exact) mass is 322 g/mol. The molecule has 0 saturated carbocycles. The maximum absolute atomic E-state index is 13.0. The van der Waals surface area contributed by atoms with Gasteiger partial charge in [-0.3, -0.25) is 0 Å². The van der Waals surface area contributed by atoms with Gasteiger partial charge in [0.2, 0.25) is 0 Å². The summed E-state index contributed by atoms with van der Waals surface area (Å²) < 4.78 is 13.4. The number of aryl methyl sites for hydroxylation is 1. The van der Waals surface area contributed by atoms with Crippen LogP contribution in [0.15, 0.2) is 46.9 Å². The minimum atomic E-state index is -0.373. The first-order valence-electron chi connectivity index (χ1n) is 5.64. The molecule has 0 aromatic heterocycles. The summed E-state index contributed by atoms with van der Waals surface area (Å²) in [4.78, 5) is 11.7. The molecule has 5 heteroatoms. The highest BCUT2D eigenvalue weighted by Crippen LogP contribution is 2.20. The maximum atomic E-state index is 13.0. The highest BCUT2D eigenvalue weighted by molar-refractivity contribution is 9.10. The lowest BCUT2D eigenvalue weighted by Gasteiger charge is -2.08. The number of rotatable bonds is 2. The van der Waals surface area contributed by atoms with Gasteiger partial charge in [0.1, 0.15) is 5.82 Å². The fraction of sp³-hybridized carbons (Fsp3) is 0.0714. The number of halogens is 2. The molecule has 98 valence electrons. The molecule has 2 rings (SSSR count). The molecule has 0 heterocycles. The van der Waals surface area contributed by atoms with Gasteiger partial charge in [-0.1, -0.05) is 17.7 Å². The Kier molecular flexibility index (Phi) is 4.16. The average Bonchev–Trinajstić information content (AvgIpc) is 2.37. The second kappa shape index (κ2) is 5.84. The smallest absolute Gasteiger partial charge is 0.308 e. The fourth-order valence-corrected chi connectivity index (χ4v) is 1.88. The molecule has 0 aliphatic carbocycles.